The fourth-order valence-corrected chi connectivity index (χ4v) is 10.9. The highest BCUT2D eigenvalue weighted by Gasteiger charge is 2.45. The maximum absolute atomic E-state index is 6.11. The van der Waals surface area contributed by atoms with Crippen LogP contribution in [0.2, 0.25) is 0 Å². The molecule has 11 rings (SSSR count). The molecule has 246 valence electrons. The van der Waals surface area contributed by atoms with Crippen LogP contribution in [0.15, 0.2) is 171 Å². The van der Waals surface area contributed by atoms with Gasteiger partial charge in [0.2, 0.25) is 0 Å². The van der Waals surface area contributed by atoms with E-state index in [1.54, 1.807) is 6.26 Å². The van der Waals surface area contributed by atoms with E-state index in [-0.39, 0.29) is 5.41 Å². The Hall–Kier alpha value is -5.45. The van der Waals surface area contributed by atoms with E-state index in [1.807, 2.05) is 23.9 Å². The van der Waals surface area contributed by atoms with Crippen LogP contribution in [0.25, 0.3) is 44.0 Å². The monoisotopic (exact) mass is 677 g/mol. The minimum Gasteiger partial charge on any atom is -0.461 e. The van der Waals surface area contributed by atoms with E-state index >= 15 is 0 Å². The van der Waals surface area contributed by atoms with E-state index in [0.29, 0.717) is 23.0 Å². The van der Waals surface area contributed by atoms with Crippen LogP contribution in [0.4, 0.5) is 11.4 Å². The highest BCUT2D eigenvalue weighted by molar-refractivity contribution is 8.00. The summed E-state index contributed by atoms with van der Waals surface area (Å²) in [6.07, 6.45) is 18.2. The number of allylic oxidation sites excluding steroid dienone is 6. The molecule has 4 heteroatoms. The Kier molecular flexibility index (Phi) is 6.19. The van der Waals surface area contributed by atoms with Gasteiger partial charge in [-0.3, -0.25) is 0 Å². The van der Waals surface area contributed by atoms with E-state index in [1.165, 1.54) is 54.5 Å². The Morgan fingerprint density at radius 1 is 0.686 bits per heavy atom. The first-order valence-electron chi connectivity index (χ1n) is 17.9. The molecule has 4 aliphatic rings. The first-order valence-corrected chi connectivity index (χ1v) is 18.8. The molecule has 3 nitrogen and oxygen atoms in total. The van der Waals surface area contributed by atoms with Gasteiger partial charge < -0.3 is 13.7 Å². The van der Waals surface area contributed by atoms with E-state index in [2.05, 4.69) is 152 Å². The summed E-state index contributed by atoms with van der Waals surface area (Å²) in [4.78, 5) is 3.87. The molecular weight excluding hydrogens is 643 g/mol. The Balaban J connectivity index is 1.04. The van der Waals surface area contributed by atoms with Gasteiger partial charge in [0, 0.05) is 56.7 Å². The molecule has 3 aliphatic carbocycles. The Morgan fingerprint density at radius 2 is 1.43 bits per heavy atom. The van der Waals surface area contributed by atoms with E-state index in [9.17, 15) is 0 Å². The number of fused-ring (bicyclic) bond motifs is 12. The molecule has 1 aliphatic heterocycles. The lowest BCUT2D eigenvalue weighted by molar-refractivity contribution is 0.394. The van der Waals surface area contributed by atoms with Crippen molar-refractivity contribution in [3.05, 3.63) is 174 Å². The van der Waals surface area contributed by atoms with Gasteiger partial charge in [0.25, 0.3) is 0 Å². The van der Waals surface area contributed by atoms with Crippen LogP contribution in [0.1, 0.15) is 42.4 Å². The van der Waals surface area contributed by atoms with Gasteiger partial charge in [-0.15, -0.1) is 11.8 Å². The molecule has 0 saturated carbocycles. The largest absolute Gasteiger partial charge is 0.461 e. The van der Waals surface area contributed by atoms with Gasteiger partial charge in [-0.25, -0.2) is 0 Å². The number of nitrogens with zero attached hydrogens (tertiary/aromatic N) is 1. The fourth-order valence-electron chi connectivity index (χ4n) is 9.34. The number of furan rings is 2. The zero-order valence-electron chi connectivity index (χ0n) is 28.4. The number of benzene rings is 5. The minimum atomic E-state index is 0.0730. The molecule has 2 aromatic heterocycles. The Labute approximate surface area is 301 Å². The van der Waals surface area contributed by atoms with E-state index in [0.717, 1.165) is 28.2 Å². The molecule has 5 aromatic carbocycles. The highest BCUT2D eigenvalue weighted by Crippen LogP contribution is 2.56. The molecule has 0 bridgehead atoms. The molecule has 3 heterocycles. The van der Waals surface area contributed by atoms with Crippen LogP contribution in [0.3, 0.4) is 0 Å². The summed E-state index contributed by atoms with van der Waals surface area (Å²) in [6, 6.07) is 37.7. The molecule has 0 amide bonds. The quantitative estimate of drug-likeness (QED) is 0.173. The zero-order chi connectivity index (χ0) is 33.8. The van der Waals surface area contributed by atoms with Crippen molar-refractivity contribution < 1.29 is 8.83 Å². The molecule has 4 atom stereocenters. The first-order chi connectivity index (χ1) is 25.0. The molecule has 0 fully saturated rings. The molecule has 7 aromatic rings. The average Bonchev–Trinajstić information content (AvgIpc) is 3.93. The second kappa shape index (κ2) is 10.8. The van der Waals surface area contributed by atoms with Gasteiger partial charge in [-0.05, 0) is 98.1 Å². The highest BCUT2D eigenvalue weighted by atomic mass is 32.2. The summed E-state index contributed by atoms with van der Waals surface area (Å²) in [6.45, 7) is 4.80. The van der Waals surface area contributed by atoms with Crippen molar-refractivity contribution in [2.45, 2.75) is 41.2 Å². The van der Waals surface area contributed by atoms with Crippen LogP contribution in [0, 0.1) is 5.92 Å². The maximum Gasteiger partial charge on any atom is 0.173 e. The van der Waals surface area contributed by atoms with Crippen LogP contribution in [0.5, 0.6) is 0 Å². The van der Waals surface area contributed by atoms with Gasteiger partial charge in [-0.1, -0.05) is 98.8 Å². The SMILES string of the molecule is CC1(C)c2ccc(N(C3=CC4Sc5c(c6ccccc6c6ccccc56)C4C=C3)c3ccc(-c4cc5occc5o4)cc3)cc2C2C=CC=CC21. The Bertz CT molecular complexity index is 2650. The van der Waals surface area contributed by atoms with Crippen molar-refractivity contribution in [1.29, 1.82) is 0 Å². The van der Waals surface area contributed by atoms with Gasteiger partial charge in [0.05, 0.1) is 6.26 Å². The van der Waals surface area contributed by atoms with Gasteiger partial charge in [0.15, 0.2) is 11.2 Å². The topological polar surface area (TPSA) is 29.5 Å². The number of hydrogen-bond acceptors (Lipinski definition) is 4. The zero-order valence-corrected chi connectivity index (χ0v) is 29.2. The van der Waals surface area contributed by atoms with E-state index < -0.39 is 0 Å². The molecule has 51 heavy (non-hydrogen) atoms. The lowest BCUT2D eigenvalue weighted by Crippen LogP contribution is -2.24. The summed E-state index contributed by atoms with van der Waals surface area (Å²) in [5.41, 5.74) is 10.5. The summed E-state index contributed by atoms with van der Waals surface area (Å²) in [5, 5.41) is 5.70. The van der Waals surface area contributed by atoms with Crippen LogP contribution in [-0.4, -0.2) is 5.25 Å². The van der Waals surface area contributed by atoms with Gasteiger partial charge in [0.1, 0.15) is 5.76 Å². The van der Waals surface area contributed by atoms with Crippen molar-refractivity contribution in [1.82, 2.24) is 0 Å². The van der Waals surface area contributed by atoms with Crippen molar-refractivity contribution >= 4 is 55.8 Å². The predicted molar refractivity (Wildman–Crippen MR) is 211 cm³/mol. The third kappa shape index (κ3) is 4.26. The number of anilines is 2. The van der Waals surface area contributed by atoms with Crippen molar-refractivity contribution in [3.8, 4) is 11.3 Å². The molecule has 0 spiro atoms. The fraction of sp³-hybridized carbons (Fsp3) is 0.149. The minimum absolute atomic E-state index is 0.0730. The van der Waals surface area contributed by atoms with Crippen molar-refractivity contribution in [3.63, 3.8) is 0 Å². The average molecular weight is 678 g/mol. The molecule has 0 radical (unpaired) electrons. The molecule has 0 saturated heterocycles. The summed E-state index contributed by atoms with van der Waals surface area (Å²) < 4.78 is 11.7. The molecule has 4 unspecified atom stereocenters. The van der Waals surface area contributed by atoms with Gasteiger partial charge >= 0.3 is 0 Å². The van der Waals surface area contributed by atoms with E-state index in [4.69, 9.17) is 8.83 Å². The summed E-state index contributed by atoms with van der Waals surface area (Å²) in [5.74, 6) is 1.96. The standard InChI is InChI=1S/C47H35NO2S/c1-47(2)39-14-8-7-11-34(39)38-25-30(20-22-40(38)47)48(29-17-15-28(16-18-29)42-27-43-41(50-42)23-24-49-43)31-19-21-37-44(26-31)51-46-36-13-6-4-10-33(36)32-9-3-5-12-35(32)45(37)46/h3-27,34,37,39,44H,1-2H3. The predicted octanol–water partition coefficient (Wildman–Crippen LogP) is 13.0. The summed E-state index contributed by atoms with van der Waals surface area (Å²) >= 11 is 2.02. The Morgan fingerprint density at radius 3 is 2.25 bits per heavy atom. The second-order valence-electron chi connectivity index (χ2n) is 14.8. The number of hydrogen-bond donors (Lipinski definition) is 0. The molecular formula is C47H35NO2S. The lowest BCUT2D eigenvalue weighted by Gasteiger charge is -2.31. The smallest absolute Gasteiger partial charge is 0.173 e. The van der Waals surface area contributed by atoms with Crippen LogP contribution >= 0.6 is 11.8 Å². The van der Waals surface area contributed by atoms with Crippen LogP contribution < -0.4 is 4.90 Å². The second-order valence-corrected chi connectivity index (χ2v) is 16.0. The summed E-state index contributed by atoms with van der Waals surface area (Å²) in [7, 11) is 0. The third-order valence-corrected chi connectivity index (χ3v) is 13.2. The lowest BCUT2D eigenvalue weighted by atomic mass is 9.74. The van der Waals surface area contributed by atoms with Crippen LogP contribution in [-0.2, 0) is 5.41 Å². The number of rotatable bonds is 4. The third-order valence-electron chi connectivity index (χ3n) is 11.8. The number of thioether (sulfide) groups is 1. The first kappa shape index (κ1) is 29.3. The maximum atomic E-state index is 6.11. The normalized spacial score (nSPS) is 22.3. The van der Waals surface area contributed by atoms with Gasteiger partial charge in [-0.2, -0.15) is 0 Å². The van der Waals surface area contributed by atoms with Crippen molar-refractivity contribution in [2.24, 2.45) is 5.92 Å². The van der Waals surface area contributed by atoms with Crippen molar-refractivity contribution in [2.75, 3.05) is 4.90 Å². The molecule has 0 N–H and O–H groups in total.